The fourth-order valence-electron chi connectivity index (χ4n) is 2.55. The summed E-state index contributed by atoms with van der Waals surface area (Å²) in [6.45, 7) is 5.60. The van der Waals surface area contributed by atoms with Gasteiger partial charge in [0.15, 0.2) is 0 Å². The van der Waals surface area contributed by atoms with Gasteiger partial charge in [0.2, 0.25) is 0 Å². The van der Waals surface area contributed by atoms with Crippen LogP contribution in [0.1, 0.15) is 32.6 Å². The molecule has 1 heterocycles. The van der Waals surface area contributed by atoms with Gasteiger partial charge in [-0.25, -0.2) is 0 Å². The van der Waals surface area contributed by atoms with Crippen LogP contribution in [-0.4, -0.2) is 56.5 Å². The molecule has 0 spiro atoms. The van der Waals surface area contributed by atoms with Crippen LogP contribution in [0.15, 0.2) is 0 Å². The Kier molecular flexibility index (Phi) is 7.67. The summed E-state index contributed by atoms with van der Waals surface area (Å²) in [7, 11) is 1.96. The standard InChI is InChI=1S/C14H26N2O3/c1-3-19-14(18)7-6-13(17)11-16-8-4-5-12(10-16)9-15-2/h12,15H,3-11H2,1-2H3. The molecule has 5 nitrogen and oxygen atoms in total. The first-order chi connectivity index (χ1) is 9.15. The first-order valence-corrected chi connectivity index (χ1v) is 7.20. The molecule has 1 aliphatic rings. The number of ether oxygens (including phenoxy) is 1. The third kappa shape index (κ3) is 6.68. The first kappa shape index (κ1) is 16.1. The minimum atomic E-state index is -0.275. The lowest BCUT2D eigenvalue weighted by molar-refractivity contribution is -0.144. The van der Waals surface area contributed by atoms with Crippen molar-refractivity contribution < 1.29 is 14.3 Å². The van der Waals surface area contributed by atoms with Gasteiger partial charge in [0, 0.05) is 13.0 Å². The van der Waals surface area contributed by atoms with Crippen LogP contribution in [0.25, 0.3) is 0 Å². The summed E-state index contributed by atoms with van der Waals surface area (Å²) in [6, 6.07) is 0. The van der Waals surface area contributed by atoms with Crippen molar-refractivity contribution >= 4 is 11.8 Å². The molecule has 0 bridgehead atoms. The average molecular weight is 270 g/mol. The summed E-state index contributed by atoms with van der Waals surface area (Å²) < 4.78 is 4.82. The number of hydrogen-bond donors (Lipinski definition) is 1. The molecule has 1 unspecified atom stereocenters. The zero-order valence-electron chi connectivity index (χ0n) is 12.1. The van der Waals surface area contributed by atoms with E-state index < -0.39 is 0 Å². The lowest BCUT2D eigenvalue weighted by Crippen LogP contribution is -2.41. The Bertz CT molecular complexity index is 292. The van der Waals surface area contributed by atoms with E-state index in [9.17, 15) is 9.59 Å². The van der Waals surface area contributed by atoms with Gasteiger partial charge in [-0.1, -0.05) is 0 Å². The molecule has 0 radical (unpaired) electrons. The number of piperidine rings is 1. The predicted molar refractivity (Wildman–Crippen MR) is 74.0 cm³/mol. The van der Waals surface area contributed by atoms with E-state index in [2.05, 4.69) is 10.2 Å². The van der Waals surface area contributed by atoms with Crippen molar-refractivity contribution in [3.8, 4) is 0 Å². The smallest absolute Gasteiger partial charge is 0.306 e. The van der Waals surface area contributed by atoms with Crippen molar-refractivity contribution in [2.45, 2.75) is 32.6 Å². The molecule has 1 fully saturated rings. The van der Waals surface area contributed by atoms with Gasteiger partial charge in [-0.05, 0) is 45.8 Å². The summed E-state index contributed by atoms with van der Waals surface area (Å²) in [5, 5.41) is 3.19. The molecule has 5 heteroatoms. The Hall–Kier alpha value is -0.940. The average Bonchev–Trinajstić information content (AvgIpc) is 2.38. The summed E-state index contributed by atoms with van der Waals surface area (Å²) >= 11 is 0. The number of carbonyl (C=O) groups excluding carboxylic acids is 2. The van der Waals surface area contributed by atoms with Crippen LogP contribution in [0.5, 0.6) is 0 Å². The van der Waals surface area contributed by atoms with Gasteiger partial charge in [0.1, 0.15) is 5.78 Å². The van der Waals surface area contributed by atoms with E-state index in [1.807, 2.05) is 7.05 Å². The number of nitrogens with zero attached hydrogens (tertiary/aromatic N) is 1. The highest BCUT2D eigenvalue weighted by molar-refractivity contribution is 5.84. The van der Waals surface area contributed by atoms with Crippen molar-refractivity contribution in [3.63, 3.8) is 0 Å². The molecule has 110 valence electrons. The Labute approximate surface area is 115 Å². The van der Waals surface area contributed by atoms with E-state index in [1.54, 1.807) is 6.92 Å². The van der Waals surface area contributed by atoms with Crippen LogP contribution in [0.3, 0.4) is 0 Å². The lowest BCUT2D eigenvalue weighted by atomic mass is 9.97. The maximum atomic E-state index is 11.8. The Morgan fingerprint density at radius 1 is 1.37 bits per heavy atom. The summed E-state index contributed by atoms with van der Waals surface area (Å²) in [6.07, 6.45) is 2.89. The van der Waals surface area contributed by atoms with E-state index in [0.29, 0.717) is 25.5 Å². The monoisotopic (exact) mass is 270 g/mol. The third-order valence-corrected chi connectivity index (χ3v) is 3.41. The van der Waals surface area contributed by atoms with E-state index >= 15 is 0 Å². The van der Waals surface area contributed by atoms with Gasteiger partial charge in [-0.2, -0.15) is 0 Å². The van der Waals surface area contributed by atoms with Gasteiger partial charge in [0.25, 0.3) is 0 Å². The van der Waals surface area contributed by atoms with Crippen molar-refractivity contribution in [1.29, 1.82) is 0 Å². The van der Waals surface area contributed by atoms with Crippen LogP contribution >= 0.6 is 0 Å². The van der Waals surface area contributed by atoms with E-state index in [4.69, 9.17) is 4.74 Å². The third-order valence-electron chi connectivity index (χ3n) is 3.41. The van der Waals surface area contributed by atoms with Gasteiger partial charge in [0.05, 0.1) is 19.6 Å². The van der Waals surface area contributed by atoms with Crippen LogP contribution < -0.4 is 5.32 Å². The Balaban J connectivity index is 2.22. The van der Waals surface area contributed by atoms with E-state index in [1.165, 1.54) is 6.42 Å². The number of rotatable bonds is 8. The van der Waals surface area contributed by atoms with Gasteiger partial charge in [-0.3, -0.25) is 14.5 Å². The molecule has 0 saturated carbocycles. The van der Waals surface area contributed by atoms with Crippen LogP contribution in [0, 0.1) is 5.92 Å². The number of likely N-dealkylation sites (tertiary alicyclic amines) is 1. The summed E-state index contributed by atoms with van der Waals surface area (Å²) in [5.41, 5.74) is 0. The summed E-state index contributed by atoms with van der Waals surface area (Å²) in [4.78, 5) is 25.2. The summed E-state index contributed by atoms with van der Waals surface area (Å²) in [5.74, 6) is 0.498. The highest BCUT2D eigenvalue weighted by atomic mass is 16.5. The molecule has 1 N–H and O–H groups in total. The Morgan fingerprint density at radius 2 is 2.16 bits per heavy atom. The lowest BCUT2D eigenvalue weighted by Gasteiger charge is -2.32. The predicted octanol–water partition coefficient (Wildman–Crippen LogP) is 0.830. The first-order valence-electron chi connectivity index (χ1n) is 7.20. The Morgan fingerprint density at radius 3 is 2.84 bits per heavy atom. The zero-order valence-corrected chi connectivity index (χ0v) is 12.1. The fraction of sp³-hybridized carbons (Fsp3) is 0.857. The number of hydrogen-bond acceptors (Lipinski definition) is 5. The number of nitrogens with one attached hydrogen (secondary N) is 1. The zero-order chi connectivity index (χ0) is 14.1. The second-order valence-corrected chi connectivity index (χ2v) is 5.14. The molecule has 1 saturated heterocycles. The fourth-order valence-corrected chi connectivity index (χ4v) is 2.55. The molecule has 0 aromatic rings. The number of carbonyl (C=O) groups is 2. The molecular formula is C14H26N2O3. The van der Waals surface area contributed by atoms with Gasteiger partial charge < -0.3 is 10.1 Å². The maximum Gasteiger partial charge on any atom is 0.306 e. The molecule has 0 aromatic heterocycles. The van der Waals surface area contributed by atoms with Crippen molar-refractivity contribution in [2.24, 2.45) is 5.92 Å². The SMILES string of the molecule is CCOC(=O)CCC(=O)CN1CCCC(CNC)C1. The molecule has 0 aromatic carbocycles. The second kappa shape index (κ2) is 9.04. The quantitative estimate of drug-likeness (QED) is 0.662. The number of ketones is 1. The minimum Gasteiger partial charge on any atom is -0.466 e. The molecular weight excluding hydrogens is 244 g/mol. The van der Waals surface area contributed by atoms with Crippen LogP contribution in [0.4, 0.5) is 0 Å². The molecule has 19 heavy (non-hydrogen) atoms. The topological polar surface area (TPSA) is 58.6 Å². The van der Waals surface area contributed by atoms with E-state index in [-0.39, 0.29) is 18.2 Å². The largest absolute Gasteiger partial charge is 0.466 e. The van der Waals surface area contributed by atoms with Crippen molar-refractivity contribution in [3.05, 3.63) is 0 Å². The molecule has 1 aliphatic heterocycles. The van der Waals surface area contributed by atoms with Gasteiger partial charge >= 0.3 is 5.97 Å². The maximum absolute atomic E-state index is 11.8. The number of esters is 1. The number of Topliss-reactive ketones (excluding diaryl/α,β-unsaturated/α-hetero) is 1. The molecule has 1 rings (SSSR count). The van der Waals surface area contributed by atoms with Crippen LogP contribution in [-0.2, 0) is 14.3 Å². The van der Waals surface area contributed by atoms with Crippen molar-refractivity contribution in [1.82, 2.24) is 10.2 Å². The highest BCUT2D eigenvalue weighted by Crippen LogP contribution is 2.15. The minimum absolute atomic E-state index is 0.137. The molecule has 0 amide bonds. The molecule has 1 atom stereocenters. The highest BCUT2D eigenvalue weighted by Gasteiger charge is 2.21. The molecule has 0 aliphatic carbocycles. The van der Waals surface area contributed by atoms with E-state index in [0.717, 1.165) is 26.1 Å². The normalized spacial score (nSPS) is 20.2. The van der Waals surface area contributed by atoms with Gasteiger partial charge in [-0.15, -0.1) is 0 Å². The van der Waals surface area contributed by atoms with Crippen molar-refractivity contribution in [2.75, 3.05) is 39.8 Å². The second-order valence-electron chi connectivity index (χ2n) is 5.14. The van der Waals surface area contributed by atoms with Crippen LogP contribution in [0.2, 0.25) is 0 Å².